The smallest absolute Gasteiger partial charge is 0.172 e. The summed E-state index contributed by atoms with van der Waals surface area (Å²) in [6.45, 7) is 2.64. The van der Waals surface area contributed by atoms with Crippen LogP contribution in [0.25, 0.3) is 0 Å². The fraction of sp³-hybridized carbons (Fsp3) is 0.417. The van der Waals surface area contributed by atoms with Crippen LogP contribution in [0.4, 0.5) is 5.69 Å². The van der Waals surface area contributed by atoms with Gasteiger partial charge in [0.15, 0.2) is 5.84 Å². The van der Waals surface area contributed by atoms with Gasteiger partial charge in [-0.3, -0.25) is 0 Å². The number of anilines is 1. The lowest BCUT2D eigenvalue weighted by Crippen LogP contribution is -2.34. The molecular weight excluding hydrogens is 298 g/mol. The zero-order valence-electron chi connectivity index (χ0n) is 10.7. The lowest BCUT2D eigenvalue weighted by molar-refractivity contribution is 0.183. The van der Waals surface area contributed by atoms with Crippen LogP contribution in [0, 0.1) is 0 Å². The highest BCUT2D eigenvalue weighted by Crippen LogP contribution is 2.25. The van der Waals surface area contributed by atoms with Gasteiger partial charge >= 0.3 is 0 Å². The van der Waals surface area contributed by atoms with Crippen LogP contribution in [0.15, 0.2) is 27.8 Å². The summed E-state index contributed by atoms with van der Waals surface area (Å²) in [5, 5.41) is 11.9. The Morgan fingerprint density at radius 1 is 1.61 bits per heavy atom. The predicted octanol–water partition coefficient (Wildman–Crippen LogP) is 2.01. The molecule has 0 aliphatic carbocycles. The van der Waals surface area contributed by atoms with Crippen LogP contribution < -0.4 is 10.6 Å². The van der Waals surface area contributed by atoms with Crippen LogP contribution in [0.5, 0.6) is 0 Å². The molecule has 1 aromatic carbocycles. The van der Waals surface area contributed by atoms with E-state index in [-0.39, 0.29) is 11.9 Å². The second-order valence-electron chi connectivity index (χ2n) is 4.06. The highest BCUT2D eigenvalue weighted by atomic mass is 79.9. The van der Waals surface area contributed by atoms with E-state index in [0.717, 1.165) is 10.2 Å². The molecule has 0 aliphatic heterocycles. The highest BCUT2D eigenvalue weighted by molar-refractivity contribution is 9.10. The van der Waals surface area contributed by atoms with Crippen LogP contribution in [0.1, 0.15) is 12.5 Å². The van der Waals surface area contributed by atoms with Crippen molar-refractivity contribution in [3.63, 3.8) is 0 Å². The average molecular weight is 316 g/mol. The minimum Gasteiger partial charge on any atom is -0.409 e. The van der Waals surface area contributed by atoms with Gasteiger partial charge in [0, 0.05) is 35.9 Å². The maximum atomic E-state index is 8.81. The van der Waals surface area contributed by atoms with E-state index in [2.05, 4.69) is 21.1 Å². The normalized spacial score (nSPS) is 13.4. The summed E-state index contributed by atoms with van der Waals surface area (Å²) in [5.74, 6) is 0.0916. The Morgan fingerprint density at radius 2 is 2.28 bits per heavy atom. The van der Waals surface area contributed by atoms with Gasteiger partial charge in [0.25, 0.3) is 0 Å². The molecule has 0 aliphatic rings. The number of nitrogens with zero attached hydrogens (tertiary/aromatic N) is 2. The second-order valence-corrected chi connectivity index (χ2v) is 4.98. The zero-order valence-corrected chi connectivity index (χ0v) is 12.3. The molecule has 0 saturated carbocycles. The lowest BCUT2D eigenvalue weighted by Gasteiger charge is -2.28. The minimum atomic E-state index is 0.0916. The number of benzene rings is 1. The molecule has 0 aromatic heterocycles. The molecule has 0 radical (unpaired) electrons. The molecule has 0 heterocycles. The molecule has 3 N–H and O–H groups in total. The fourth-order valence-corrected chi connectivity index (χ4v) is 2.01. The van der Waals surface area contributed by atoms with Gasteiger partial charge in [-0.25, -0.2) is 0 Å². The fourth-order valence-electron chi connectivity index (χ4n) is 1.66. The minimum absolute atomic E-state index is 0.0916. The largest absolute Gasteiger partial charge is 0.409 e. The highest BCUT2D eigenvalue weighted by Gasteiger charge is 2.16. The third-order valence-electron chi connectivity index (χ3n) is 2.79. The molecule has 18 heavy (non-hydrogen) atoms. The van der Waals surface area contributed by atoms with Gasteiger partial charge in [0.1, 0.15) is 0 Å². The summed E-state index contributed by atoms with van der Waals surface area (Å²) >= 11 is 3.42. The Labute approximate surface area is 115 Å². The Kier molecular flexibility index (Phi) is 5.43. The van der Waals surface area contributed by atoms with Crippen molar-refractivity contribution in [2.24, 2.45) is 10.9 Å². The molecule has 0 fully saturated rings. The number of hydrogen-bond donors (Lipinski definition) is 2. The van der Waals surface area contributed by atoms with Crippen LogP contribution in [-0.2, 0) is 4.74 Å². The van der Waals surface area contributed by atoms with Crippen molar-refractivity contribution in [2.45, 2.75) is 13.0 Å². The summed E-state index contributed by atoms with van der Waals surface area (Å²) in [4.78, 5) is 2.03. The van der Waals surface area contributed by atoms with Crippen molar-refractivity contribution in [1.82, 2.24) is 0 Å². The van der Waals surface area contributed by atoms with E-state index >= 15 is 0 Å². The third kappa shape index (κ3) is 3.36. The number of hydrogen-bond acceptors (Lipinski definition) is 4. The maximum absolute atomic E-state index is 8.81. The van der Waals surface area contributed by atoms with E-state index < -0.39 is 0 Å². The number of nitrogens with two attached hydrogens (primary N) is 1. The molecule has 1 atom stereocenters. The first-order chi connectivity index (χ1) is 8.51. The van der Waals surface area contributed by atoms with Crippen molar-refractivity contribution in [3.05, 3.63) is 28.2 Å². The first kappa shape index (κ1) is 14.8. The van der Waals surface area contributed by atoms with E-state index in [1.807, 2.05) is 37.1 Å². The van der Waals surface area contributed by atoms with Crippen LogP contribution in [0.2, 0.25) is 0 Å². The van der Waals surface area contributed by atoms with Gasteiger partial charge in [-0.1, -0.05) is 21.1 Å². The number of methoxy groups -OCH3 is 1. The number of amidine groups is 1. The number of ether oxygens (including phenoxy) is 1. The van der Waals surface area contributed by atoms with E-state index in [1.54, 1.807) is 7.11 Å². The van der Waals surface area contributed by atoms with Crippen molar-refractivity contribution < 1.29 is 9.94 Å². The Hall–Kier alpha value is -1.27. The van der Waals surface area contributed by atoms with E-state index in [4.69, 9.17) is 15.7 Å². The molecule has 0 spiro atoms. The number of likely N-dealkylation sites (N-methyl/N-ethyl adjacent to an activating group) is 1. The molecule has 5 nitrogen and oxygen atoms in total. The van der Waals surface area contributed by atoms with Gasteiger partial charge in [-0.15, -0.1) is 0 Å². The van der Waals surface area contributed by atoms with Crippen molar-refractivity contribution in [3.8, 4) is 0 Å². The van der Waals surface area contributed by atoms with Crippen molar-refractivity contribution >= 4 is 27.5 Å². The SMILES string of the molecule is COCC(C)N(C)c1cc(Br)ccc1/C(N)=N/O. The standard InChI is InChI=1S/C12H18BrN3O2/c1-8(7-18-3)16(2)11-6-9(13)4-5-10(11)12(14)15-17/h4-6,8,17H,7H2,1-3H3,(H2,14,15). The number of oxime groups is 1. The number of rotatable bonds is 5. The summed E-state index contributed by atoms with van der Waals surface area (Å²) in [6.07, 6.45) is 0. The van der Waals surface area contributed by atoms with Crippen LogP contribution >= 0.6 is 15.9 Å². The quantitative estimate of drug-likeness (QED) is 0.377. The summed E-state index contributed by atoms with van der Waals surface area (Å²) in [7, 11) is 3.61. The predicted molar refractivity (Wildman–Crippen MR) is 76.4 cm³/mol. The monoisotopic (exact) mass is 315 g/mol. The van der Waals surface area contributed by atoms with Crippen LogP contribution in [0.3, 0.4) is 0 Å². The molecule has 1 aromatic rings. The van der Waals surface area contributed by atoms with Gasteiger partial charge in [-0.2, -0.15) is 0 Å². The molecule has 1 unspecified atom stereocenters. The Balaban J connectivity index is 3.16. The molecule has 6 heteroatoms. The van der Waals surface area contributed by atoms with Gasteiger partial charge < -0.3 is 20.6 Å². The molecule has 0 bridgehead atoms. The molecular formula is C12H18BrN3O2. The second kappa shape index (κ2) is 6.61. The van der Waals surface area contributed by atoms with Crippen LogP contribution in [-0.4, -0.2) is 37.8 Å². The molecule has 0 saturated heterocycles. The average Bonchev–Trinajstić information content (AvgIpc) is 2.37. The van der Waals surface area contributed by atoms with Crippen molar-refractivity contribution in [2.75, 3.05) is 25.7 Å². The van der Waals surface area contributed by atoms with Gasteiger partial charge in [0.05, 0.1) is 6.61 Å². The Morgan fingerprint density at radius 3 is 2.83 bits per heavy atom. The lowest BCUT2D eigenvalue weighted by atomic mass is 10.1. The van der Waals surface area contributed by atoms with E-state index in [9.17, 15) is 0 Å². The molecule has 1 rings (SSSR count). The Bertz CT molecular complexity index is 437. The number of halogens is 1. The van der Waals surface area contributed by atoms with E-state index in [0.29, 0.717) is 12.2 Å². The van der Waals surface area contributed by atoms with Gasteiger partial charge in [-0.05, 0) is 25.1 Å². The summed E-state index contributed by atoms with van der Waals surface area (Å²) in [6, 6.07) is 5.77. The molecule has 100 valence electrons. The van der Waals surface area contributed by atoms with E-state index in [1.165, 1.54) is 0 Å². The topological polar surface area (TPSA) is 71.1 Å². The molecule has 0 amide bonds. The summed E-state index contributed by atoms with van der Waals surface area (Å²) in [5.41, 5.74) is 7.25. The first-order valence-electron chi connectivity index (χ1n) is 5.50. The van der Waals surface area contributed by atoms with Crippen molar-refractivity contribution in [1.29, 1.82) is 0 Å². The van der Waals surface area contributed by atoms with Gasteiger partial charge in [0.2, 0.25) is 0 Å². The first-order valence-corrected chi connectivity index (χ1v) is 6.29. The summed E-state index contributed by atoms with van der Waals surface area (Å²) < 4.78 is 6.07. The third-order valence-corrected chi connectivity index (χ3v) is 3.29. The zero-order chi connectivity index (χ0) is 13.7. The maximum Gasteiger partial charge on any atom is 0.172 e.